The fraction of sp³-hybridized carbons (Fsp3) is 0.300. The van der Waals surface area contributed by atoms with Crippen LogP contribution in [0.25, 0.3) is 0 Å². The number of benzene rings is 1. The van der Waals surface area contributed by atoms with Crippen molar-refractivity contribution in [1.82, 2.24) is 0 Å². The van der Waals surface area contributed by atoms with Gasteiger partial charge in [0.15, 0.2) is 0 Å². The summed E-state index contributed by atoms with van der Waals surface area (Å²) < 4.78 is 0. The van der Waals surface area contributed by atoms with E-state index in [1.54, 1.807) is 0 Å². The quantitative estimate of drug-likeness (QED) is 0.502. The molecule has 0 N–H and O–H groups in total. The summed E-state index contributed by atoms with van der Waals surface area (Å²) in [5.41, 5.74) is 0. The largest absolute Gasteiger partial charge is 0.198 e. The number of hydrogen-bond donors (Lipinski definition) is 0. The molecule has 2 radical (unpaired) electrons. The van der Waals surface area contributed by atoms with E-state index < -0.39 is 0 Å². The van der Waals surface area contributed by atoms with Crippen LogP contribution in [0, 0.1) is 11.3 Å². The van der Waals surface area contributed by atoms with Crippen LogP contribution in [-0.2, 0) is 0 Å². The van der Waals surface area contributed by atoms with Crippen molar-refractivity contribution in [3.63, 3.8) is 0 Å². The fourth-order valence-electron chi connectivity index (χ4n) is 0.956. The molecule has 0 aliphatic rings. The van der Waals surface area contributed by atoms with Gasteiger partial charge in [0.1, 0.15) is 0 Å². The first-order chi connectivity index (χ1) is 5.93. The standard InChI is InChI=1S/C10H11NSi/c11-8-4-5-9-12-10-6-2-1-3-7-10/h1-3,6-7H,4-5,9H2. The topological polar surface area (TPSA) is 23.8 Å². The van der Waals surface area contributed by atoms with Crippen molar-refractivity contribution in [1.29, 1.82) is 5.26 Å². The summed E-state index contributed by atoms with van der Waals surface area (Å²) in [7, 11) is 0.863. The van der Waals surface area contributed by atoms with Crippen LogP contribution < -0.4 is 5.19 Å². The van der Waals surface area contributed by atoms with Crippen molar-refractivity contribution in [3.8, 4) is 6.07 Å². The molecule has 0 amide bonds. The Morgan fingerprint density at radius 2 is 2.00 bits per heavy atom. The van der Waals surface area contributed by atoms with Crippen LogP contribution in [0.4, 0.5) is 0 Å². The maximum Gasteiger partial charge on any atom is 0.0808 e. The van der Waals surface area contributed by atoms with Gasteiger partial charge in [-0.2, -0.15) is 5.26 Å². The normalized spacial score (nSPS) is 9.25. The molecule has 0 atom stereocenters. The van der Waals surface area contributed by atoms with Crippen LogP contribution in [0.3, 0.4) is 0 Å². The monoisotopic (exact) mass is 173 g/mol. The molecular weight excluding hydrogens is 162 g/mol. The lowest BCUT2D eigenvalue weighted by atomic mass is 10.4. The number of unbranched alkanes of at least 4 members (excludes halogenated alkanes) is 1. The second-order valence-electron chi connectivity index (χ2n) is 2.55. The molecule has 0 aliphatic carbocycles. The smallest absolute Gasteiger partial charge is 0.0808 e. The molecule has 0 aliphatic heterocycles. The van der Waals surface area contributed by atoms with E-state index in [0.717, 1.165) is 22.0 Å². The Morgan fingerprint density at radius 3 is 2.67 bits per heavy atom. The highest BCUT2D eigenvalue weighted by molar-refractivity contribution is 6.53. The van der Waals surface area contributed by atoms with Crippen molar-refractivity contribution in [3.05, 3.63) is 30.3 Å². The van der Waals surface area contributed by atoms with Gasteiger partial charge < -0.3 is 0 Å². The second-order valence-corrected chi connectivity index (χ2v) is 3.99. The Kier molecular flexibility index (Phi) is 4.18. The summed E-state index contributed by atoms with van der Waals surface area (Å²) in [6.45, 7) is 0. The highest BCUT2D eigenvalue weighted by Gasteiger charge is 1.92. The molecule has 1 aromatic rings. The van der Waals surface area contributed by atoms with E-state index in [9.17, 15) is 0 Å². The summed E-state index contributed by atoms with van der Waals surface area (Å²) in [6.07, 6.45) is 1.73. The van der Waals surface area contributed by atoms with Crippen molar-refractivity contribution < 1.29 is 0 Å². The molecule has 60 valence electrons. The third-order valence-electron chi connectivity index (χ3n) is 1.57. The lowest BCUT2D eigenvalue weighted by Gasteiger charge is -1.96. The maximum atomic E-state index is 8.32. The van der Waals surface area contributed by atoms with E-state index in [0.29, 0.717) is 6.42 Å². The zero-order valence-electron chi connectivity index (χ0n) is 6.96. The fourth-order valence-corrected chi connectivity index (χ4v) is 2.03. The predicted molar refractivity (Wildman–Crippen MR) is 51.5 cm³/mol. The average Bonchev–Trinajstić information content (AvgIpc) is 2.14. The van der Waals surface area contributed by atoms with Gasteiger partial charge in [0, 0.05) is 6.42 Å². The molecule has 0 saturated heterocycles. The van der Waals surface area contributed by atoms with Crippen molar-refractivity contribution in [2.24, 2.45) is 0 Å². The van der Waals surface area contributed by atoms with Gasteiger partial charge in [-0.15, -0.1) is 0 Å². The molecule has 0 saturated carbocycles. The third kappa shape index (κ3) is 3.36. The summed E-state index contributed by atoms with van der Waals surface area (Å²) in [4.78, 5) is 0. The molecule has 12 heavy (non-hydrogen) atoms. The Labute approximate surface area is 75.9 Å². The minimum Gasteiger partial charge on any atom is -0.198 e. The van der Waals surface area contributed by atoms with E-state index in [4.69, 9.17) is 5.26 Å². The van der Waals surface area contributed by atoms with Gasteiger partial charge in [0.2, 0.25) is 0 Å². The van der Waals surface area contributed by atoms with E-state index in [2.05, 4.69) is 30.3 Å². The molecule has 2 heteroatoms. The molecule has 1 aromatic carbocycles. The van der Waals surface area contributed by atoms with Gasteiger partial charge in [-0.25, -0.2) is 0 Å². The zero-order chi connectivity index (χ0) is 8.65. The molecule has 0 spiro atoms. The molecule has 0 unspecified atom stereocenters. The molecule has 1 nitrogen and oxygen atoms in total. The van der Waals surface area contributed by atoms with E-state index in [-0.39, 0.29) is 0 Å². The lowest BCUT2D eigenvalue weighted by Crippen LogP contribution is -2.11. The minimum atomic E-state index is 0.694. The maximum absolute atomic E-state index is 8.32. The Hall–Kier alpha value is -1.07. The van der Waals surface area contributed by atoms with Gasteiger partial charge in [-0.3, -0.25) is 0 Å². The molecule has 1 rings (SSSR count). The van der Waals surface area contributed by atoms with E-state index >= 15 is 0 Å². The minimum absolute atomic E-state index is 0.694. The van der Waals surface area contributed by atoms with Gasteiger partial charge in [-0.1, -0.05) is 41.6 Å². The Morgan fingerprint density at radius 1 is 1.25 bits per heavy atom. The molecule has 0 fully saturated rings. The van der Waals surface area contributed by atoms with Crippen LogP contribution in [0.2, 0.25) is 6.04 Å². The van der Waals surface area contributed by atoms with Crippen molar-refractivity contribution >= 4 is 14.7 Å². The number of nitrogens with zero attached hydrogens (tertiary/aromatic N) is 1. The zero-order valence-corrected chi connectivity index (χ0v) is 7.96. The third-order valence-corrected chi connectivity index (χ3v) is 2.91. The second kappa shape index (κ2) is 5.56. The Balaban J connectivity index is 2.21. The summed E-state index contributed by atoms with van der Waals surface area (Å²) in [6, 6.07) is 13.8. The van der Waals surface area contributed by atoms with Gasteiger partial charge in [-0.05, 0) is 6.42 Å². The van der Waals surface area contributed by atoms with Crippen LogP contribution in [0.15, 0.2) is 30.3 Å². The van der Waals surface area contributed by atoms with Gasteiger partial charge >= 0.3 is 0 Å². The van der Waals surface area contributed by atoms with Gasteiger partial charge in [0.05, 0.1) is 15.6 Å². The molecular formula is C10H11NSi. The summed E-state index contributed by atoms with van der Waals surface area (Å²) in [5.74, 6) is 0. The predicted octanol–water partition coefficient (Wildman–Crippen LogP) is 1.74. The van der Waals surface area contributed by atoms with E-state index in [1.165, 1.54) is 5.19 Å². The van der Waals surface area contributed by atoms with Crippen molar-refractivity contribution in [2.45, 2.75) is 18.9 Å². The first-order valence-corrected chi connectivity index (χ1v) is 5.30. The van der Waals surface area contributed by atoms with Crippen LogP contribution in [-0.4, -0.2) is 9.52 Å². The summed E-state index contributed by atoms with van der Waals surface area (Å²) >= 11 is 0. The first-order valence-electron chi connectivity index (χ1n) is 4.09. The molecule has 0 bridgehead atoms. The van der Waals surface area contributed by atoms with Crippen LogP contribution in [0.5, 0.6) is 0 Å². The summed E-state index contributed by atoms with van der Waals surface area (Å²) in [5, 5.41) is 9.72. The SMILES string of the molecule is N#CCCC[Si]c1ccccc1. The number of rotatable bonds is 4. The van der Waals surface area contributed by atoms with Crippen LogP contribution in [0.1, 0.15) is 12.8 Å². The Bertz CT molecular complexity index is 250. The van der Waals surface area contributed by atoms with Crippen molar-refractivity contribution in [2.75, 3.05) is 0 Å². The lowest BCUT2D eigenvalue weighted by molar-refractivity contribution is 0.962. The number of hydrogen-bond acceptors (Lipinski definition) is 1. The van der Waals surface area contributed by atoms with E-state index in [1.807, 2.05) is 6.07 Å². The highest BCUT2D eigenvalue weighted by Crippen LogP contribution is 1.93. The molecule has 0 aromatic heterocycles. The number of nitriles is 1. The highest BCUT2D eigenvalue weighted by atomic mass is 28.2. The van der Waals surface area contributed by atoms with Crippen LogP contribution >= 0.6 is 0 Å². The average molecular weight is 173 g/mol. The van der Waals surface area contributed by atoms with Gasteiger partial charge in [0.25, 0.3) is 0 Å². The molecule has 0 heterocycles. The first kappa shape index (κ1) is 9.02.